The zero-order valence-corrected chi connectivity index (χ0v) is 18.8. The highest BCUT2D eigenvalue weighted by atomic mass is 32.1. The number of nitrogens with one attached hydrogen (secondary N) is 2. The molecule has 0 unspecified atom stereocenters. The van der Waals surface area contributed by atoms with Crippen LogP contribution in [-0.2, 0) is 5.67 Å². The number of hydrogen-bond acceptors (Lipinski definition) is 4. The molecule has 0 aliphatic carbocycles. The summed E-state index contributed by atoms with van der Waals surface area (Å²) in [6, 6.07) is 5.23. The molecule has 0 aliphatic heterocycles. The van der Waals surface area contributed by atoms with Crippen molar-refractivity contribution in [3.05, 3.63) is 75.9 Å². The number of thiophene rings is 1. The number of pyridine rings is 1. The first-order chi connectivity index (χ1) is 16.1. The van der Waals surface area contributed by atoms with Crippen LogP contribution in [-0.4, -0.2) is 29.2 Å². The smallest absolute Gasteiger partial charge is 0.321 e. The van der Waals surface area contributed by atoms with Crippen molar-refractivity contribution in [1.82, 2.24) is 4.98 Å². The molecule has 1 aromatic carbocycles. The van der Waals surface area contributed by atoms with Gasteiger partial charge in [0, 0.05) is 29.0 Å². The Morgan fingerprint density at radius 2 is 1.43 bits per heavy atom. The van der Waals surface area contributed by atoms with E-state index >= 15 is 0 Å². The second kappa shape index (κ2) is 9.29. The summed E-state index contributed by atoms with van der Waals surface area (Å²) in [6.07, 6.45) is -9.67. The van der Waals surface area contributed by atoms with E-state index in [0.29, 0.717) is 17.1 Å². The number of alkyl halides is 7. The SMILES string of the molecule is Cc1cc(C(F)(C(F)(F)F)C(F)(F)F)cc(C)c1NC(=O)c1csc(NC(=O)c2cccnc2)c1. The second-order valence-corrected chi connectivity index (χ2v) is 8.40. The number of carbonyl (C=O) groups is 2. The van der Waals surface area contributed by atoms with Crippen LogP contribution >= 0.6 is 11.3 Å². The van der Waals surface area contributed by atoms with E-state index < -0.39 is 35.4 Å². The first-order valence-electron chi connectivity index (χ1n) is 9.70. The largest absolute Gasteiger partial charge is 0.435 e. The van der Waals surface area contributed by atoms with Crippen molar-refractivity contribution in [2.75, 3.05) is 10.6 Å². The summed E-state index contributed by atoms with van der Waals surface area (Å²) in [5.41, 5.74) is -7.34. The van der Waals surface area contributed by atoms with Crippen LogP contribution in [0, 0.1) is 13.8 Å². The summed E-state index contributed by atoms with van der Waals surface area (Å²) in [7, 11) is 0. The quantitative estimate of drug-likeness (QED) is 0.376. The van der Waals surface area contributed by atoms with Gasteiger partial charge in [-0.05, 0) is 43.2 Å². The van der Waals surface area contributed by atoms with Crippen molar-refractivity contribution >= 4 is 33.8 Å². The Hall–Kier alpha value is -3.48. The zero-order chi connectivity index (χ0) is 26.2. The third-order valence-electron chi connectivity index (χ3n) is 4.97. The summed E-state index contributed by atoms with van der Waals surface area (Å²) in [5, 5.41) is 6.69. The van der Waals surface area contributed by atoms with Crippen molar-refractivity contribution in [2.45, 2.75) is 31.9 Å². The van der Waals surface area contributed by atoms with Gasteiger partial charge >= 0.3 is 18.0 Å². The summed E-state index contributed by atoms with van der Waals surface area (Å²) >= 11 is 1.02. The Balaban J connectivity index is 1.83. The molecule has 0 saturated carbocycles. The van der Waals surface area contributed by atoms with Gasteiger partial charge in [0.25, 0.3) is 11.8 Å². The van der Waals surface area contributed by atoms with Gasteiger partial charge in [-0.1, -0.05) is 12.1 Å². The molecule has 2 N–H and O–H groups in total. The van der Waals surface area contributed by atoms with E-state index in [-0.39, 0.29) is 27.9 Å². The van der Waals surface area contributed by atoms with E-state index in [1.807, 2.05) is 0 Å². The topological polar surface area (TPSA) is 71.1 Å². The fourth-order valence-electron chi connectivity index (χ4n) is 3.24. The predicted octanol–water partition coefficient (Wildman–Crippen LogP) is 6.55. The van der Waals surface area contributed by atoms with Crippen molar-refractivity contribution in [3.63, 3.8) is 0 Å². The maximum Gasteiger partial charge on any atom is 0.435 e. The van der Waals surface area contributed by atoms with Crippen molar-refractivity contribution in [1.29, 1.82) is 0 Å². The highest BCUT2D eigenvalue weighted by Crippen LogP contribution is 2.53. The minimum Gasteiger partial charge on any atom is -0.321 e. The standard InChI is InChI=1S/C22H16F7N3O2S/c1-11-6-15(20(23,21(24,25)26)22(27,28)29)7-12(2)17(11)32-19(34)14-8-16(35-10-14)31-18(33)13-4-3-5-30-9-13/h3-10H,1-2H3,(H,31,33)(H,32,34). The van der Waals surface area contributed by atoms with E-state index in [0.717, 1.165) is 25.2 Å². The van der Waals surface area contributed by atoms with E-state index in [1.54, 1.807) is 6.07 Å². The number of hydrogen-bond donors (Lipinski definition) is 2. The van der Waals surface area contributed by atoms with Gasteiger partial charge in [0.2, 0.25) is 0 Å². The van der Waals surface area contributed by atoms with Gasteiger partial charge in [-0.2, -0.15) is 26.3 Å². The monoisotopic (exact) mass is 519 g/mol. The molecular weight excluding hydrogens is 503 g/mol. The lowest BCUT2D eigenvalue weighted by molar-refractivity contribution is -0.348. The normalized spacial score (nSPS) is 12.4. The summed E-state index contributed by atoms with van der Waals surface area (Å²) in [4.78, 5) is 28.6. The number of nitrogens with zero attached hydrogens (tertiary/aromatic N) is 1. The molecule has 0 bridgehead atoms. The number of aryl methyl sites for hydroxylation is 2. The molecule has 0 radical (unpaired) electrons. The molecule has 0 fully saturated rings. The Morgan fingerprint density at radius 3 is 1.94 bits per heavy atom. The highest BCUT2D eigenvalue weighted by Gasteiger charge is 2.73. The second-order valence-electron chi connectivity index (χ2n) is 7.49. The van der Waals surface area contributed by atoms with Crippen molar-refractivity contribution < 1.29 is 40.3 Å². The molecule has 0 atom stereocenters. The summed E-state index contributed by atoms with van der Waals surface area (Å²) in [6.45, 7) is 2.29. The molecular formula is C22H16F7N3O2S. The lowest BCUT2D eigenvalue weighted by Gasteiger charge is -2.31. The molecule has 13 heteroatoms. The zero-order valence-electron chi connectivity index (χ0n) is 17.9. The number of amides is 2. The molecule has 3 rings (SSSR count). The summed E-state index contributed by atoms with van der Waals surface area (Å²) < 4.78 is 92.9. The van der Waals surface area contributed by atoms with E-state index in [4.69, 9.17) is 0 Å². The number of benzene rings is 1. The molecule has 0 saturated heterocycles. The molecule has 0 spiro atoms. The Labute approximate surface area is 198 Å². The maximum atomic E-state index is 14.4. The fourth-order valence-corrected chi connectivity index (χ4v) is 4.01. The summed E-state index contributed by atoms with van der Waals surface area (Å²) in [5.74, 6) is -1.21. The number of halogens is 7. The van der Waals surface area contributed by atoms with Gasteiger partial charge < -0.3 is 10.6 Å². The molecule has 3 aromatic rings. The van der Waals surface area contributed by atoms with E-state index in [9.17, 15) is 40.3 Å². The predicted molar refractivity (Wildman–Crippen MR) is 115 cm³/mol. The third kappa shape index (κ3) is 5.14. The number of anilines is 2. The van der Waals surface area contributed by atoms with Gasteiger partial charge in [-0.15, -0.1) is 11.3 Å². The minimum atomic E-state index is -6.25. The molecule has 35 heavy (non-hydrogen) atoms. The number of carbonyl (C=O) groups excluding carboxylic acids is 2. The van der Waals surface area contributed by atoms with Crippen molar-refractivity contribution in [3.8, 4) is 0 Å². The van der Waals surface area contributed by atoms with Gasteiger partial charge in [0.15, 0.2) is 0 Å². The fraction of sp³-hybridized carbons (Fsp3) is 0.227. The Bertz CT molecular complexity index is 1220. The average Bonchev–Trinajstić information content (AvgIpc) is 3.23. The third-order valence-corrected chi connectivity index (χ3v) is 5.82. The molecule has 186 valence electrons. The minimum absolute atomic E-state index is 0.0717. The van der Waals surface area contributed by atoms with Crippen LogP contribution in [0.15, 0.2) is 48.1 Å². The van der Waals surface area contributed by atoms with Crippen LogP contribution in [0.3, 0.4) is 0 Å². The van der Waals surface area contributed by atoms with Gasteiger partial charge in [-0.3, -0.25) is 14.6 Å². The molecule has 5 nitrogen and oxygen atoms in total. The van der Waals surface area contributed by atoms with E-state index in [1.165, 1.54) is 29.9 Å². The first kappa shape index (κ1) is 26.1. The Kier molecular flexibility index (Phi) is 6.93. The van der Waals surface area contributed by atoms with Crippen LogP contribution in [0.1, 0.15) is 37.4 Å². The number of rotatable bonds is 5. The molecule has 2 amide bonds. The van der Waals surface area contributed by atoms with Gasteiger partial charge in [-0.25, -0.2) is 4.39 Å². The van der Waals surface area contributed by atoms with Crippen LogP contribution in [0.25, 0.3) is 0 Å². The highest BCUT2D eigenvalue weighted by molar-refractivity contribution is 7.14. The lowest BCUT2D eigenvalue weighted by Crippen LogP contribution is -2.50. The lowest BCUT2D eigenvalue weighted by atomic mass is 9.90. The van der Waals surface area contributed by atoms with Crippen LogP contribution in [0.4, 0.5) is 41.4 Å². The van der Waals surface area contributed by atoms with Gasteiger partial charge in [0.1, 0.15) is 0 Å². The average molecular weight is 519 g/mol. The van der Waals surface area contributed by atoms with Crippen LogP contribution in [0.2, 0.25) is 0 Å². The van der Waals surface area contributed by atoms with Crippen LogP contribution < -0.4 is 10.6 Å². The maximum absolute atomic E-state index is 14.4. The van der Waals surface area contributed by atoms with Crippen LogP contribution in [0.5, 0.6) is 0 Å². The van der Waals surface area contributed by atoms with Gasteiger partial charge in [0.05, 0.1) is 16.1 Å². The number of aromatic nitrogens is 1. The van der Waals surface area contributed by atoms with E-state index in [2.05, 4.69) is 15.6 Å². The molecule has 2 aromatic heterocycles. The Morgan fingerprint density at radius 1 is 0.857 bits per heavy atom. The first-order valence-corrected chi connectivity index (χ1v) is 10.6. The molecule has 2 heterocycles. The van der Waals surface area contributed by atoms with Crippen molar-refractivity contribution in [2.24, 2.45) is 0 Å². The molecule has 0 aliphatic rings.